The number of carbonyl (C=O) groups is 2. The van der Waals surface area contributed by atoms with Crippen LogP contribution in [0.1, 0.15) is 17.3 Å². The van der Waals surface area contributed by atoms with Crippen molar-refractivity contribution in [3.8, 4) is 0 Å². The van der Waals surface area contributed by atoms with Gasteiger partial charge in [-0.15, -0.1) is 11.8 Å². The van der Waals surface area contributed by atoms with E-state index in [0.717, 1.165) is 5.65 Å². The van der Waals surface area contributed by atoms with E-state index in [4.69, 9.17) is 5.73 Å². The van der Waals surface area contributed by atoms with Crippen molar-refractivity contribution in [2.75, 3.05) is 5.32 Å². The maximum Gasteiger partial charge on any atom is 0.257 e. The third-order valence-corrected chi connectivity index (χ3v) is 4.70. The zero-order valence-electron chi connectivity index (χ0n) is 13.0. The maximum atomic E-state index is 12.7. The van der Waals surface area contributed by atoms with E-state index in [1.807, 2.05) is 18.2 Å². The summed E-state index contributed by atoms with van der Waals surface area (Å²) in [6, 6.07) is 12.6. The van der Waals surface area contributed by atoms with Gasteiger partial charge in [-0.3, -0.25) is 14.0 Å². The fraction of sp³-hybridized carbons (Fsp3) is 0.118. The summed E-state index contributed by atoms with van der Waals surface area (Å²) in [6.45, 7) is 1.72. The SMILES string of the molecule is CC(Sc1ccccc1C(=O)Nc1cccc2nccn12)C(N)=O. The largest absolute Gasteiger partial charge is 0.369 e. The van der Waals surface area contributed by atoms with Crippen LogP contribution >= 0.6 is 11.8 Å². The number of amides is 2. The summed E-state index contributed by atoms with van der Waals surface area (Å²) < 4.78 is 1.79. The van der Waals surface area contributed by atoms with Gasteiger partial charge in [-0.25, -0.2) is 4.98 Å². The van der Waals surface area contributed by atoms with Crippen LogP contribution < -0.4 is 11.1 Å². The molecule has 0 fully saturated rings. The molecule has 0 radical (unpaired) electrons. The van der Waals surface area contributed by atoms with E-state index in [1.165, 1.54) is 11.8 Å². The van der Waals surface area contributed by atoms with E-state index in [-0.39, 0.29) is 5.91 Å². The van der Waals surface area contributed by atoms with Gasteiger partial charge in [0.25, 0.3) is 5.91 Å². The summed E-state index contributed by atoms with van der Waals surface area (Å²) in [6.07, 6.45) is 3.45. The number of rotatable bonds is 5. The van der Waals surface area contributed by atoms with Crippen LogP contribution in [0.25, 0.3) is 5.65 Å². The number of nitrogens with zero attached hydrogens (tertiary/aromatic N) is 2. The van der Waals surface area contributed by atoms with Crippen LogP contribution in [0.2, 0.25) is 0 Å². The normalized spacial score (nSPS) is 12.0. The van der Waals surface area contributed by atoms with Crippen LogP contribution in [-0.2, 0) is 4.79 Å². The second-order valence-electron chi connectivity index (χ2n) is 5.18. The molecule has 0 aliphatic heterocycles. The number of thioether (sulfide) groups is 1. The molecule has 0 aliphatic rings. The third-order valence-electron chi connectivity index (χ3n) is 3.51. The van der Waals surface area contributed by atoms with Gasteiger partial charge in [0.2, 0.25) is 5.91 Å². The molecule has 0 aliphatic carbocycles. The summed E-state index contributed by atoms with van der Waals surface area (Å²) in [5.74, 6) is -0.0490. The molecule has 7 heteroatoms. The first-order valence-electron chi connectivity index (χ1n) is 7.34. The lowest BCUT2D eigenvalue weighted by atomic mass is 10.2. The van der Waals surface area contributed by atoms with Crippen LogP contribution in [0.4, 0.5) is 5.82 Å². The van der Waals surface area contributed by atoms with Gasteiger partial charge < -0.3 is 11.1 Å². The molecule has 2 heterocycles. The van der Waals surface area contributed by atoms with Gasteiger partial charge in [0, 0.05) is 17.3 Å². The quantitative estimate of drug-likeness (QED) is 0.699. The predicted octanol–water partition coefficient (Wildman–Crippen LogP) is 2.55. The number of nitrogens with two attached hydrogens (primary N) is 1. The zero-order chi connectivity index (χ0) is 17.1. The highest BCUT2D eigenvalue weighted by Crippen LogP contribution is 2.27. The van der Waals surface area contributed by atoms with Gasteiger partial charge in [0.1, 0.15) is 11.5 Å². The van der Waals surface area contributed by atoms with Crippen molar-refractivity contribution in [1.29, 1.82) is 0 Å². The Kier molecular flexibility index (Phi) is 4.52. The number of imidazole rings is 1. The van der Waals surface area contributed by atoms with Crippen LogP contribution in [0, 0.1) is 0 Å². The third kappa shape index (κ3) is 3.26. The summed E-state index contributed by atoms with van der Waals surface area (Å²) in [4.78, 5) is 28.9. The maximum absolute atomic E-state index is 12.7. The predicted molar refractivity (Wildman–Crippen MR) is 94.1 cm³/mol. The number of hydrogen-bond donors (Lipinski definition) is 2. The highest BCUT2D eigenvalue weighted by Gasteiger charge is 2.17. The molecule has 3 aromatic rings. The van der Waals surface area contributed by atoms with Gasteiger partial charge in [-0.1, -0.05) is 18.2 Å². The Balaban J connectivity index is 1.88. The molecule has 0 saturated carbocycles. The molecule has 24 heavy (non-hydrogen) atoms. The Hall–Kier alpha value is -2.80. The molecule has 3 rings (SSSR count). The van der Waals surface area contributed by atoms with E-state index in [2.05, 4.69) is 10.3 Å². The Labute approximate surface area is 143 Å². The van der Waals surface area contributed by atoms with Crippen LogP contribution in [0.5, 0.6) is 0 Å². The van der Waals surface area contributed by atoms with Crippen molar-refractivity contribution in [3.63, 3.8) is 0 Å². The average Bonchev–Trinajstić information content (AvgIpc) is 3.05. The lowest BCUT2D eigenvalue weighted by Crippen LogP contribution is -2.23. The summed E-state index contributed by atoms with van der Waals surface area (Å²) in [5, 5.41) is 2.46. The van der Waals surface area contributed by atoms with Crippen LogP contribution in [0.15, 0.2) is 59.8 Å². The smallest absolute Gasteiger partial charge is 0.257 e. The molecule has 3 N–H and O–H groups in total. The number of carbonyl (C=O) groups excluding carboxylic acids is 2. The molecule has 1 unspecified atom stereocenters. The topological polar surface area (TPSA) is 89.5 Å². The number of nitrogens with one attached hydrogen (secondary N) is 1. The Bertz CT molecular complexity index is 906. The number of hydrogen-bond acceptors (Lipinski definition) is 4. The lowest BCUT2D eigenvalue weighted by Gasteiger charge is -2.13. The number of fused-ring (bicyclic) bond motifs is 1. The lowest BCUT2D eigenvalue weighted by molar-refractivity contribution is -0.117. The molecule has 6 nitrogen and oxygen atoms in total. The Morgan fingerprint density at radius 2 is 2.00 bits per heavy atom. The number of benzene rings is 1. The number of primary amides is 1. The Morgan fingerprint density at radius 1 is 1.21 bits per heavy atom. The van der Waals surface area contributed by atoms with E-state index in [0.29, 0.717) is 16.3 Å². The minimum atomic E-state index is -0.420. The van der Waals surface area contributed by atoms with Crippen molar-refractivity contribution < 1.29 is 9.59 Å². The molecule has 2 amide bonds. The monoisotopic (exact) mass is 340 g/mol. The zero-order valence-corrected chi connectivity index (χ0v) is 13.8. The number of anilines is 1. The minimum absolute atomic E-state index is 0.254. The van der Waals surface area contributed by atoms with Crippen molar-refractivity contribution in [3.05, 3.63) is 60.4 Å². The second-order valence-corrected chi connectivity index (χ2v) is 6.56. The van der Waals surface area contributed by atoms with Gasteiger partial charge >= 0.3 is 0 Å². The molecule has 0 bridgehead atoms. The molecule has 0 spiro atoms. The van der Waals surface area contributed by atoms with Gasteiger partial charge in [-0.05, 0) is 31.2 Å². The molecular weight excluding hydrogens is 324 g/mol. The van der Waals surface area contributed by atoms with E-state index in [1.54, 1.807) is 48.0 Å². The molecule has 2 aromatic heterocycles. The fourth-order valence-electron chi connectivity index (χ4n) is 2.24. The summed E-state index contributed by atoms with van der Waals surface area (Å²) in [7, 11) is 0. The average molecular weight is 340 g/mol. The van der Waals surface area contributed by atoms with Crippen molar-refractivity contribution in [2.24, 2.45) is 5.73 Å². The highest BCUT2D eigenvalue weighted by atomic mass is 32.2. The van der Waals surface area contributed by atoms with E-state index in [9.17, 15) is 9.59 Å². The molecule has 1 aromatic carbocycles. The standard InChI is InChI=1S/C17H16N4O2S/c1-11(16(18)22)24-13-6-3-2-5-12(13)17(23)20-15-8-4-7-14-19-9-10-21(14)15/h2-11H,1H3,(H2,18,22)(H,20,23). The summed E-state index contributed by atoms with van der Waals surface area (Å²) >= 11 is 1.27. The molecule has 0 saturated heterocycles. The van der Waals surface area contributed by atoms with Crippen molar-refractivity contribution >= 4 is 35.0 Å². The molecular formula is C17H16N4O2S. The van der Waals surface area contributed by atoms with Crippen molar-refractivity contribution in [2.45, 2.75) is 17.1 Å². The first-order chi connectivity index (χ1) is 11.6. The molecule has 122 valence electrons. The second kappa shape index (κ2) is 6.76. The Morgan fingerprint density at radius 3 is 2.79 bits per heavy atom. The first kappa shape index (κ1) is 16.1. The highest BCUT2D eigenvalue weighted by molar-refractivity contribution is 8.00. The van der Waals surface area contributed by atoms with E-state index >= 15 is 0 Å². The van der Waals surface area contributed by atoms with Crippen LogP contribution in [-0.4, -0.2) is 26.4 Å². The van der Waals surface area contributed by atoms with Gasteiger partial charge in [0.15, 0.2) is 0 Å². The van der Waals surface area contributed by atoms with Gasteiger partial charge in [0.05, 0.1) is 10.8 Å². The van der Waals surface area contributed by atoms with Crippen molar-refractivity contribution in [1.82, 2.24) is 9.38 Å². The van der Waals surface area contributed by atoms with Gasteiger partial charge in [-0.2, -0.15) is 0 Å². The summed E-state index contributed by atoms with van der Waals surface area (Å²) in [5.41, 5.74) is 6.55. The number of aromatic nitrogens is 2. The fourth-order valence-corrected chi connectivity index (χ4v) is 3.18. The first-order valence-corrected chi connectivity index (χ1v) is 8.22. The van der Waals surface area contributed by atoms with E-state index < -0.39 is 11.2 Å². The van der Waals surface area contributed by atoms with Crippen LogP contribution in [0.3, 0.4) is 0 Å². The minimum Gasteiger partial charge on any atom is -0.369 e. The molecule has 1 atom stereocenters. The number of pyridine rings is 1.